The van der Waals surface area contributed by atoms with E-state index in [9.17, 15) is 14.4 Å². The van der Waals surface area contributed by atoms with Crippen molar-refractivity contribution in [1.29, 1.82) is 0 Å². The summed E-state index contributed by atoms with van der Waals surface area (Å²) in [6, 6.07) is 8.68. The van der Waals surface area contributed by atoms with Gasteiger partial charge < -0.3 is 10.6 Å². The first-order valence-corrected chi connectivity index (χ1v) is 8.51. The van der Waals surface area contributed by atoms with Gasteiger partial charge in [-0.3, -0.25) is 14.4 Å². The van der Waals surface area contributed by atoms with E-state index in [1.165, 1.54) is 18.3 Å². The molecule has 0 saturated heterocycles. The molecule has 0 spiro atoms. The van der Waals surface area contributed by atoms with Gasteiger partial charge in [0.1, 0.15) is 0 Å². The number of halogens is 1. The third-order valence-corrected chi connectivity index (χ3v) is 4.80. The van der Waals surface area contributed by atoms with Crippen LogP contribution in [0.4, 0.5) is 5.69 Å². The number of amides is 2. The lowest BCUT2D eigenvalue weighted by Crippen LogP contribution is -2.36. The highest BCUT2D eigenvalue weighted by molar-refractivity contribution is 7.14. The molecule has 2 aromatic rings. The van der Waals surface area contributed by atoms with Crippen LogP contribution in [0.15, 0.2) is 30.3 Å². The van der Waals surface area contributed by atoms with Crippen molar-refractivity contribution in [2.24, 2.45) is 0 Å². The molecule has 1 heterocycles. The average Bonchev–Trinajstić information content (AvgIpc) is 3.00. The fourth-order valence-corrected chi connectivity index (χ4v) is 3.06. The molecule has 0 aliphatic rings. The molecule has 0 bridgehead atoms. The van der Waals surface area contributed by atoms with Crippen LogP contribution in [0.1, 0.15) is 27.0 Å². The molecule has 0 aliphatic carbocycles. The second-order valence-corrected chi connectivity index (χ2v) is 6.85. The van der Waals surface area contributed by atoms with Crippen molar-refractivity contribution in [3.63, 3.8) is 0 Å². The first-order chi connectivity index (χ1) is 11.4. The molecule has 7 heteroatoms. The number of rotatable bonds is 5. The smallest absolute Gasteiger partial charge is 0.313 e. The quantitative estimate of drug-likeness (QED) is 0.632. The predicted octanol–water partition coefficient (Wildman–Crippen LogP) is 3.21. The van der Waals surface area contributed by atoms with E-state index < -0.39 is 11.8 Å². The van der Waals surface area contributed by atoms with Crippen LogP contribution in [-0.2, 0) is 16.0 Å². The van der Waals surface area contributed by atoms with E-state index in [0.717, 1.165) is 10.4 Å². The van der Waals surface area contributed by atoms with E-state index in [2.05, 4.69) is 10.6 Å². The standard InChI is InChI=1S/C17H17ClN2O3S/c1-10-3-4-12(18)9-14(10)20-17(23)16(22)19-8-7-13-5-6-15(24-13)11(2)21/h3-6,9H,7-8H2,1-2H3,(H,19,22)(H,20,23). The second-order valence-electron chi connectivity index (χ2n) is 5.24. The normalized spacial score (nSPS) is 10.3. The Morgan fingerprint density at radius 2 is 1.88 bits per heavy atom. The van der Waals surface area contributed by atoms with Crippen molar-refractivity contribution in [3.05, 3.63) is 50.7 Å². The van der Waals surface area contributed by atoms with Crippen LogP contribution < -0.4 is 10.6 Å². The highest BCUT2D eigenvalue weighted by atomic mass is 35.5. The lowest BCUT2D eigenvalue weighted by molar-refractivity contribution is -0.136. The molecule has 0 radical (unpaired) electrons. The number of anilines is 1. The minimum Gasteiger partial charge on any atom is -0.347 e. The number of hydrogen-bond donors (Lipinski definition) is 2. The maximum atomic E-state index is 11.9. The van der Waals surface area contributed by atoms with Gasteiger partial charge in [-0.2, -0.15) is 0 Å². The van der Waals surface area contributed by atoms with Gasteiger partial charge in [0.25, 0.3) is 0 Å². The zero-order valence-corrected chi connectivity index (χ0v) is 14.9. The zero-order chi connectivity index (χ0) is 17.7. The Kier molecular flexibility index (Phi) is 6.11. The number of hydrogen-bond acceptors (Lipinski definition) is 4. The van der Waals surface area contributed by atoms with Gasteiger partial charge in [0, 0.05) is 22.1 Å². The molecule has 0 fully saturated rings. The van der Waals surface area contributed by atoms with Gasteiger partial charge in [-0.05, 0) is 50.1 Å². The number of Topliss-reactive ketones (excluding diaryl/α,β-unsaturated/α-hetero) is 1. The lowest BCUT2D eigenvalue weighted by Gasteiger charge is -2.09. The molecule has 0 saturated carbocycles. The largest absolute Gasteiger partial charge is 0.347 e. The summed E-state index contributed by atoms with van der Waals surface area (Å²) in [6.07, 6.45) is 0.563. The van der Waals surface area contributed by atoms with Gasteiger partial charge in [-0.25, -0.2) is 0 Å². The topological polar surface area (TPSA) is 75.3 Å². The van der Waals surface area contributed by atoms with Gasteiger partial charge in [0.05, 0.1) is 4.88 Å². The van der Waals surface area contributed by atoms with Crippen molar-refractivity contribution in [2.45, 2.75) is 20.3 Å². The van der Waals surface area contributed by atoms with Crippen molar-refractivity contribution in [3.8, 4) is 0 Å². The minimum atomic E-state index is -0.740. The van der Waals surface area contributed by atoms with Crippen LogP contribution in [0.3, 0.4) is 0 Å². The molecule has 1 aromatic carbocycles. The third kappa shape index (κ3) is 4.91. The van der Waals surface area contributed by atoms with Crippen LogP contribution in [0.25, 0.3) is 0 Å². The van der Waals surface area contributed by atoms with Gasteiger partial charge in [0.15, 0.2) is 5.78 Å². The first kappa shape index (κ1) is 18.2. The number of carbonyl (C=O) groups excluding carboxylic acids is 3. The SMILES string of the molecule is CC(=O)c1ccc(CCNC(=O)C(=O)Nc2cc(Cl)ccc2C)s1. The van der Waals surface area contributed by atoms with Crippen LogP contribution in [0.5, 0.6) is 0 Å². The van der Waals surface area contributed by atoms with Crippen LogP contribution in [0.2, 0.25) is 5.02 Å². The maximum absolute atomic E-state index is 11.9. The lowest BCUT2D eigenvalue weighted by atomic mass is 10.2. The third-order valence-electron chi connectivity index (χ3n) is 3.32. The van der Waals surface area contributed by atoms with E-state index >= 15 is 0 Å². The Bertz CT molecular complexity index is 786. The second kappa shape index (κ2) is 8.08. The predicted molar refractivity (Wildman–Crippen MR) is 95.9 cm³/mol. The van der Waals surface area contributed by atoms with Crippen LogP contribution >= 0.6 is 22.9 Å². The molecule has 1 aromatic heterocycles. The number of benzene rings is 1. The summed E-state index contributed by atoms with van der Waals surface area (Å²) in [6.45, 7) is 3.64. The van der Waals surface area contributed by atoms with Gasteiger partial charge >= 0.3 is 11.8 Å². The summed E-state index contributed by atoms with van der Waals surface area (Å²) >= 11 is 7.27. The molecular weight excluding hydrogens is 348 g/mol. The molecule has 2 amide bonds. The Morgan fingerprint density at radius 1 is 1.12 bits per heavy atom. The number of thiophene rings is 1. The number of nitrogens with one attached hydrogen (secondary N) is 2. The Balaban J connectivity index is 1.84. The van der Waals surface area contributed by atoms with E-state index in [-0.39, 0.29) is 5.78 Å². The highest BCUT2D eigenvalue weighted by Gasteiger charge is 2.14. The van der Waals surface area contributed by atoms with Gasteiger partial charge in [-0.1, -0.05) is 17.7 Å². The van der Waals surface area contributed by atoms with Crippen molar-refractivity contribution in [2.75, 3.05) is 11.9 Å². The molecule has 2 N–H and O–H groups in total. The Hall–Kier alpha value is -2.18. The summed E-state index contributed by atoms with van der Waals surface area (Å²) in [5.74, 6) is -1.43. The summed E-state index contributed by atoms with van der Waals surface area (Å²) in [7, 11) is 0. The summed E-state index contributed by atoms with van der Waals surface area (Å²) < 4.78 is 0. The number of aryl methyl sites for hydroxylation is 1. The van der Waals surface area contributed by atoms with Crippen molar-refractivity contribution >= 4 is 46.2 Å². The monoisotopic (exact) mass is 364 g/mol. The van der Waals surface area contributed by atoms with E-state index in [1.54, 1.807) is 24.3 Å². The van der Waals surface area contributed by atoms with Crippen molar-refractivity contribution in [1.82, 2.24) is 5.32 Å². The Labute approximate surface area is 149 Å². The fourth-order valence-electron chi connectivity index (χ4n) is 1.99. The van der Waals surface area contributed by atoms with E-state index in [4.69, 9.17) is 11.6 Å². The van der Waals surface area contributed by atoms with Gasteiger partial charge in [0.2, 0.25) is 0 Å². The summed E-state index contributed by atoms with van der Waals surface area (Å²) in [4.78, 5) is 36.6. The summed E-state index contributed by atoms with van der Waals surface area (Å²) in [5.41, 5.74) is 1.32. The van der Waals surface area contributed by atoms with Gasteiger partial charge in [-0.15, -0.1) is 11.3 Å². The first-order valence-electron chi connectivity index (χ1n) is 7.32. The van der Waals surface area contributed by atoms with Crippen LogP contribution in [-0.4, -0.2) is 24.1 Å². The number of ketones is 1. The highest BCUT2D eigenvalue weighted by Crippen LogP contribution is 2.20. The molecule has 24 heavy (non-hydrogen) atoms. The van der Waals surface area contributed by atoms with Crippen LogP contribution in [0, 0.1) is 6.92 Å². The summed E-state index contributed by atoms with van der Waals surface area (Å²) in [5, 5.41) is 5.58. The minimum absolute atomic E-state index is 0.0200. The van der Waals surface area contributed by atoms with Crippen molar-refractivity contribution < 1.29 is 14.4 Å². The van der Waals surface area contributed by atoms with E-state index in [0.29, 0.717) is 28.6 Å². The molecule has 2 rings (SSSR count). The molecule has 0 atom stereocenters. The van der Waals surface area contributed by atoms with E-state index in [1.807, 2.05) is 13.0 Å². The fraction of sp³-hybridized carbons (Fsp3) is 0.235. The molecule has 126 valence electrons. The molecule has 5 nitrogen and oxygen atoms in total. The molecular formula is C17H17ClN2O3S. The number of carbonyl (C=O) groups is 3. The Morgan fingerprint density at radius 3 is 2.54 bits per heavy atom. The molecule has 0 unspecified atom stereocenters. The average molecular weight is 365 g/mol. The molecule has 0 aliphatic heterocycles. The maximum Gasteiger partial charge on any atom is 0.313 e. The zero-order valence-electron chi connectivity index (χ0n) is 13.3.